The molecule has 2 rings (SSSR count). The van der Waals surface area contributed by atoms with Gasteiger partial charge in [-0.15, -0.1) is 0 Å². The van der Waals surface area contributed by atoms with Crippen LogP contribution in [0, 0.1) is 0 Å². The standard InChI is InChI=1S/C11H19NO4S/c1-11(10(13)14)7-4-8-12(11)17(15,16)9-5-2-3-6-9/h9H,2-8H2,1H3,(H,13,14). The van der Waals surface area contributed by atoms with Crippen LogP contribution in [0.5, 0.6) is 0 Å². The lowest BCUT2D eigenvalue weighted by Crippen LogP contribution is -2.52. The fraction of sp³-hybridized carbons (Fsp3) is 0.909. The Balaban J connectivity index is 2.29. The van der Waals surface area contributed by atoms with Crippen molar-refractivity contribution in [2.24, 2.45) is 0 Å². The van der Waals surface area contributed by atoms with Gasteiger partial charge in [0, 0.05) is 6.54 Å². The largest absolute Gasteiger partial charge is 0.480 e. The molecule has 0 spiro atoms. The van der Waals surface area contributed by atoms with Gasteiger partial charge in [-0.3, -0.25) is 4.79 Å². The van der Waals surface area contributed by atoms with Crippen molar-refractivity contribution >= 4 is 16.0 Å². The Bertz CT molecular complexity index is 413. The summed E-state index contributed by atoms with van der Waals surface area (Å²) in [5.74, 6) is -1.03. The van der Waals surface area contributed by atoms with Crippen molar-refractivity contribution in [3.63, 3.8) is 0 Å². The lowest BCUT2D eigenvalue weighted by molar-refractivity contribution is -0.146. The number of carbonyl (C=O) groups is 1. The number of nitrogens with zero attached hydrogens (tertiary/aromatic N) is 1. The molecule has 1 heterocycles. The van der Waals surface area contributed by atoms with E-state index in [4.69, 9.17) is 0 Å². The molecule has 6 heteroatoms. The molecule has 0 aromatic carbocycles. The van der Waals surface area contributed by atoms with E-state index >= 15 is 0 Å². The SMILES string of the molecule is CC1(C(=O)O)CCCN1S(=O)(=O)C1CCCC1. The molecule has 0 radical (unpaired) electrons. The third-order valence-electron chi connectivity index (χ3n) is 4.07. The molecule has 1 aliphatic heterocycles. The normalized spacial score (nSPS) is 32.1. The van der Waals surface area contributed by atoms with Gasteiger partial charge in [-0.05, 0) is 32.6 Å². The molecule has 1 atom stereocenters. The number of carboxylic acids is 1. The van der Waals surface area contributed by atoms with Gasteiger partial charge in [0.05, 0.1) is 5.25 Å². The summed E-state index contributed by atoms with van der Waals surface area (Å²) in [5.41, 5.74) is -1.23. The van der Waals surface area contributed by atoms with E-state index in [1.54, 1.807) is 0 Å². The van der Waals surface area contributed by atoms with E-state index in [-0.39, 0.29) is 5.25 Å². The van der Waals surface area contributed by atoms with Gasteiger partial charge in [0.25, 0.3) is 0 Å². The molecule has 0 aromatic rings. The molecular weight excluding hydrogens is 242 g/mol. The number of aliphatic carboxylic acids is 1. The van der Waals surface area contributed by atoms with Gasteiger partial charge in [0.15, 0.2) is 0 Å². The molecular formula is C11H19NO4S. The van der Waals surface area contributed by atoms with Crippen molar-refractivity contribution in [1.29, 1.82) is 0 Å². The number of rotatable bonds is 3. The van der Waals surface area contributed by atoms with Crippen LogP contribution in [-0.4, -0.2) is 41.1 Å². The summed E-state index contributed by atoms with van der Waals surface area (Å²) in [5, 5.41) is 8.88. The fourth-order valence-electron chi connectivity index (χ4n) is 2.93. The average Bonchev–Trinajstić information content (AvgIpc) is 2.85. The Hall–Kier alpha value is -0.620. The van der Waals surface area contributed by atoms with Crippen LogP contribution in [0.2, 0.25) is 0 Å². The first-order valence-corrected chi connectivity index (χ1v) is 7.64. The van der Waals surface area contributed by atoms with Crippen LogP contribution in [0.1, 0.15) is 45.4 Å². The average molecular weight is 261 g/mol. The lowest BCUT2D eigenvalue weighted by atomic mass is 10.0. The number of carboxylic acid groups (broad SMARTS) is 1. The zero-order chi connectivity index (χ0) is 12.7. The molecule has 1 saturated heterocycles. The van der Waals surface area contributed by atoms with Gasteiger partial charge in [-0.1, -0.05) is 12.8 Å². The Morgan fingerprint density at radius 3 is 2.41 bits per heavy atom. The highest BCUT2D eigenvalue weighted by Crippen LogP contribution is 2.37. The van der Waals surface area contributed by atoms with Crippen LogP contribution in [0.4, 0.5) is 0 Å². The lowest BCUT2D eigenvalue weighted by Gasteiger charge is -2.32. The first-order valence-electron chi connectivity index (χ1n) is 6.14. The minimum Gasteiger partial charge on any atom is -0.480 e. The van der Waals surface area contributed by atoms with E-state index < -0.39 is 21.5 Å². The van der Waals surface area contributed by atoms with Crippen LogP contribution in [-0.2, 0) is 14.8 Å². The van der Waals surface area contributed by atoms with E-state index in [1.165, 1.54) is 11.2 Å². The Labute approximate surface area is 102 Å². The molecule has 17 heavy (non-hydrogen) atoms. The van der Waals surface area contributed by atoms with Crippen molar-refractivity contribution < 1.29 is 18.3 Å². The minimum atomic E-state index is -3.44. The second kappa shape index (κ2) is 4.24. The summed E-state index contributed by atoms with van der Waals surface area (Å²) >= 11 is 0. The maximum atomic E-state index is 12.4. The van der Waals surface area contributed by atoms with Gasteiger partial charge in [-0.2, -0.15) is 4.31 Å². The molecule has 2 fully saturated rings. The summed E-state index contributed by atoms with van der Waals surface area (Å²) in [6, 6.07) is 0. The Morgan fingerprint density at radius 1 is 1.29 bits per heavy atom. The van der Waals surface area contributed by atoms with Crippen molar-refractivity contribution in [2.45, 2.75) is 56.2 Å². The zero-order valence-electron chi connectivity index (χ0n) is 10.1. The number of hydrogen-bond acceptors (Lipinski definition) is 3. The highest BCUT2D eigenvalue weighted by molar-refractivity contribution is 7.89. The molecule has 2 aliphatic rings. The molecule has 1 saturated carbocycles. The topological polar surface area (TPSA) is 74.7 Å². The van der Waals surface area contributed by atoms with Crippen molar-refractivity contribution in [3.8, 4) is 0 Å². The van der Waals surface area contributed by atoms with Crippen molar-refractivity contribution in [2.75, 3.05) is 6.54 Å². The zero-order valence-corrected chi connectivity index (χ0v) is 10.9. The second-order valence-corrected chi connectivity index (χ2v) is 7.34. The monoisotopic (exact) mass is 261 g/mol. The molecule has 1 unspecified atom stereocenters. The molecule has 1 aliphatic carbocycles. The van der Waals surface area contributed by atoms with Gasteiger partial charge >= 0.3 is 5.97 Å². The van der Waals surface area contributed by atoms with Crippen LogP contribution >= 0.6 is 0 Å². The maximum absolute atomic E-state index is 12.4. The second-order valence-electron chi connectivity index (χ2n) is 5.21. The fourth-order valence-corrected chi connectivity index (χ4v) is 5.33. The minimum absolute atomic E-state index is 0.349. The summed E-state index contributed by atoms with van der Waals surface area (Å²) in [6.07, 6.45) is 4.26. The molecule has 0 bridgehead atoms. The summed E-state index contributed by atoms with van der Waals surface area (Å²) < 4.78 is 26.1. The predicted molar refractivity (Wildman–Crippen MR) is 63.2 cm³/mol. The molecule has 0 aromatic heterocycles. The molecule has 98 valence electrons. The van der Waals surface area contributed by atoms with Crippen molar-refractivity contribution in [1.82, 2.24) is 4.31 Å². The molecule has 5 nitrogen and oxygen atoms in total. The number of sulfonamides is 1. The third kappa shape index (κ3) is 1.97. The van der Waals surface area contributed by atoms with E-state index in [9.17, 15) is 18.3 Å². The molecule has 1 N–H and O–H groups in total. The van der Waals surface area contributed by atoms with E-state index in [1.807, 2.05) is 0 Å². The summed E-state index contributed by atoms with van der Waals surface area (Å²) in [6.45, 7) is 1.87. The van der Waals surface area contributed by atoms with Crippen LogP contribution in [0.15, 0.2) is 0 Å². The third-order valence-corrected chi connectivity index (χ3v) is 6.58. The van der Waals surface area contributed by atoms with Crippen molar-refractivity contribution in [3.05, 3.63) is 0 Å². The van der Waals surface area contributed by atoms with E-state index in [0.717, 1.165) is 12.8 Å². The summed E-state index contributed by atoms with van der Waals surface area (Å²) in [7, 11) is -3.44. The predicted octanol–water partition coefficient (Wildman–Crippen LogP) is 1.20. The first kappa shape index (κ1) is 12.8. The van der Waals surface area contributed by atoms with Gasteiger partial charge in [0.2, 0.25) is 10.0 Å². The summed E-state index contributed by atoms with van der Waals surface area (Å²) in [4.78, 5) is 11.3. The van der Waals surface area contributed by atoms with Gasteiger partial charge in [-0.25, -0.2) is 8.42 Å². The van der Waals surface area contributed by atoms with E-state index in [0.29, 0.717) is 32.2 Å². The van der Waals surface area contributed by atoms with Crippen LogP contribution in [0.25, 0.3) is 0 Å². The van der Waals surface area contributed by atoms with Crippen LogP contribution in [0.3, 0.4) is 0 Å². The van der Waals surface area contributed by atoms with Crippen LogP contribution < -0.4 is 0 Å². The Morgan fingerprint density at radius 2 is 1.88 bits per heavy atom. The highest BCUT2D eigenvalue weighted by atomic mass is 32.2. The number of hydrogen-bond donors (Lipinski definition) is 1. The quantitative estimate of drug-likeness (QED) is 0.828. The maximum Gasteiger partial charge on any atom is 0.324 e. The van der Waals surface area contributed by atoms with Gasteiger partial charge < -0.3 is 5.11 Å². The van der Waals surface area contributed by atoms with Gasteiger partial charge in [0.1, 0.15) is 5.54 Å². The smallest absolute Gasteiger partial charge is 0.324 e. The highest BCUT2D eigenvalue weighted by Gasteiger charge is 2.51. The Kier molecular flexibility index (Phi) is 3.20. The molecule has 0 amide bonds. The first-order chi connectivity index (χ1) is 7.89. The van der Waals surface area contributed by atoms with E-state index in [2.05, 4.69) is 0 Å².